The third-order valence-electron chi connectivity index (χ3n) is 4.69. The van der Waals surface area contributed by atoms with Crippen molar-refractivity contribution in [1.82, 2.24) is 4.90 Å². The lowest BCUT2D eigenvalue weighted by Gasteiger charge is -2.22. The van der Waals surface area contributed by atoms with Crippen LogP contribution in [0.4, 0.5) is 0 Å². The maximum Gasteiger partial charge on any atom is -0.000672 e. The lowest BCUT2D eigenvalue weighted by molar-refractivity contribution is 0.258. The van der Waals surface area contributed by atoms with Crippen LogP contribution in [0.15, 0.2) is 0 Å². The second kappa shape index (κ2) is 16.8. The van der Waals surface area contributed by atoms with Crippen LogP contribution in [0.1, 0.15) is 98.3 Å². The highest BCUT2D eigenvalue weighted by Crippen LogP contribution is 2.12. The normalized spacial score (nSPS) is 12.0. The summed E-state index contributed by atoms with van der Waals surface area (Å²) in [6.45, 7) is 13.9. The lowest BCUT2D eigenvalue weighted by atomic mass is 10.0. The molecule has 0 fully saturated rings. The summed E-state index contributed by atoms with van der Waals surface area (Å²) in [7, 11) is 0. The van der Waals surface area contributed by atoms with Crippen LogP contribution in [0.3, 0.4) is 0 Å². The second-order valence-electron chi connectivity index (χ2n) is 8.18. The highest BCUT2D eigenvalue weighted by molar-refractivity contribution is 4.60. The molecule has 0 aliphatic heterocycles. The second-order valence-corrected chi connectivity index (χ2v) is 8.18. The first-order chi connectivity index (χ1) is 11.1. The molecular formula is C21H46N2. The zero-order chi connectivity index (χ0) is 17.3. The van der Waals surface area contributed by atoms with E-state index in [2.05, 4.69) is 32.6 Å². The van der Waals surface area contributed by atoms with Gasteiger partial charge in [-0.3, -0.25) is 0 Å². The monoisotopic (exact) mass is 326 g/mol. The van der Waals surface area contributed by atoms with Gasteiger partial charge in [-0.1, -0.05) is 79.1 Å². The van der Waals surface area contributed by atoms with E-state index in [1.165, 1.54) is 83.8 Å². The first-order valence-corrected chi connectivity index (χ1v) is 10.5. The van der Waals surface area contributed by atoms with E-state index in [1.807, 2.05) is 0 Å². The Hall–Kier alpha value is -0.0800. The van der Waals surface area contributed by atoms with Crippen LogP contribution in [0, 0.1) is 11.8 Å². The average molecular weight is 327 g/mol. The van der Waals surface area contributed by atoms with Crippen LogP contribution in [-0.2, 0) is 0 Å². The van der Waals surface area contributed by atoms with Crippen molar-refractivity contribution < 1.29 is 0 Å². The molecule has 140 valence electrons. The summed E-state index contributed by atoms with van der Waals surface area (Å²) in [5.41, 5.74) is 5.70. The van der Waals surface area contributed by atoms with Crippen molar-refractivity contribution in [2.45, 2.75) is 98.3 Å². The Bertz CT molecular complexity index is 206. The van der Waals surface area contributed by atoms with Gasteiger partial charge < -0.3 is 10.6 Å². The molecule has 0 aliphatic carbocycles. The van der Waals surface area contributed by atoms with E-state index < -0.39 is 0 Å². The minimum Gasteiger partial charge on any atom is -0.330 e. The van der Waals surface area contributed by atoms with E-state index >= 15 is 0 Å². The van der Waals surface area contributed by atoms with Crippen LogP contribution in [0.2, 0.25) is 0 Å². The van der Waals surface area contributed by atoms with Gasteiger partial charge in [0.1, 0.15) is 0 Å². The standard InChI is InChI=1S/C21H46N2/c1-20(2)14-9-5-7-11-17-23(19-13-16-22)18-12-8-6-10-15-21(3)4/h20-21H,5-19,22H2,1-4H3. The molecule has 0 aromatic rings. The summed E-state index contributed by atoms with van der Waals surface area (Å²) >= 11 is 0. The number of hydrogen-bond donors (Lipinski definition) is 1. The zero-order valence-corrected chi connectivity index (χ0v) is 16.8. The fraction of sp³-hybridized carbons (Fsp3) is 1.00. The highest BCUT2D eigenvalue weighted by Gasteiger charge is 2.04. The van der Waals surface area contributed by atoms with Gasteiger partial charge in [0.15, 0.2) is 0 Å². The maximum absolute atomic E-state index is 5.70. The number of rotatable bonds is 17. The summed E-state index contributed by atoms with van der Waals surface area (Å²) in [5.74, 6) is 1.73. The van der Waals surface area contributed by atoms with Crippen molar-refractivity contribution in [3.8, 4) is 0 Å². The van der Waals surface area contributed by atoms with Crippen LogP contribution in [-0.4, -0.2) is 31.1 Å². The molecule has 0 rings (SSSR count). The highest BCUT2D eigenvalue weighted by atomic mass is 15.1. The van der Waals surface area contributed by atoms with E-state index in [9.17, 15) is 0 Å². The van der Waals surface area contributed by atoms with Gasteiger partial charge in [-0.25, -0.2) is 0 Å². The molecule has 2 nitrogen and oxygen atoms in total. The molecule has 0 heterocycles. The Morgan fingerprint density at radius 3 is 1.35 bits per heavy atom. The van der Waals surface area contributed by atoms with E-state index in [0.29, 0.717) is 0 Å². The molecule has 0 saturated heterocycles. The number of nitrogens with zero attached hydrogens (tertiary/aromatic N) is 1. The van der Waals surface area contributed by atoms with Gasteiger partial charge in [0.25, 0.3) is 0 Å². The van der Waals surface area contributed by atoms with Crippen molar-refractivity contribution in [3.05, 3.63) is 0 Å². The fourth-order valence-corrected chi connectivity index (χ4v) is 3.13. The van der Waals surface area contributed by atoms with Crippen LogP contribution in [0.25, 0.3) is 0 Å². The van der Waals surface area contributed by atoms with Crippen molar-refractivity contribution in [2.24, 2.45) is 17.6 Å². The topological polar surface area (TPSA) is 29.3 Å². The van der Waals surface area contributed by atoms with Gasteiger partial charge in [0, 0.05) is 0 Å². The van der Waals surface area contributed by atoms with E-state index in [4.69, 9.17) is 5.73 Å². The molecule has 0 saturated carbocycles. The Balaban J connectivity index is 3.63. The largest absolute Gasteiger partial charge is 0.330 e. The van der Waals surface area contributed by atoms with Crippen molar-refractivity contribution in [1.29, 1.82) is 0 Å². The van der Waals surface area contributed by atoms with Gasteiger partial charge in [0.2, 0.25) is 0 Å². The molecule has 0 aliphatic rings. The molecular weight excluding hydrogens is 280 g/mol. The van der Waals surface area contributed by atoms with Crippen molar-refractivity contribution >= 4 is 0 Å². The molecule has 0 radical (unpaired) electrons. The van der Waals surface area contributed by atoms with Gasteiger partial charge in [-0.2, -0.15) is 0 Å². The predicted octanol–water partition coefficient (Wildman–Crippen LogP) is 5.85. The molecule has 0 bridgehead atoms. The van der Waals surface area contributed by atoms with Crippen LogP contribution < -0.4 is 5.73 Å². The smallest absolute Gasteiger partial charge is 0.000672 e. The van der Waals surface area contributed by atoms with Crippen LogP contribution >= 0.6 is 0 Å². The third kappa shape index (κ3) is 18.1. The summed E-state index contributed by atoms with van der Waals surface area (Å²) < 4.78 is 0. The number of hydrogen-bond acceptors (Lipinski definition) is 2. The molecule has 23 heavy (non-hydrogen) atoms. The van der Waals surface area contributed by atoms with E-state index in [1.54, 1.807) is 0 Å². The first-order valence-electron chi connectivity index (χ1n) is 10.5. The van der Waals surface area contributed by atoms with Gasteiger partial charge in [0.05, 0.1) is 0 Å². The summed E-state index contributed by atoms with van der Waals surface area (Å²) in [5, 5.41) is 0. The predicted molar refractivity (Wildman–Crippen MR) is 106 cm³/mol. The molecule has 0 aromatic carbocycles. The van der Waals surface area contributed by atoms with E-state index in [0.717, 1.165) is 24.8 Å². The molecule has 0 atom stereocenters. The van der Waals surface area contributed by atoms with Crippen molar-refractivity contribution in [3.63, 3.8) is 0 Å². The minimum absolute atomic E-state index is 0.833. The third-order valence-corrected chi connectivity index (χ3v) is 4.69. The first kappa shape index (κ1) is 22.9. The molecule has 2 heteroatoms. The molecule has 0 amide bonds. The molecule has 0 aromatic heterocycles. The zero-order valence-electron chi connectivity index (χ0n) is 16.8. The number of unbranched alkanes of at least 4 members (excludes halogenated alkanes) is 6. The summed E-state index contributed by atoms with van der Waals surface area (Å²) in [4.78, 5) is 2.66. The molecule has 0 spiro atoms. The van der Waals surface area contributed by atoms with Crippen LogP contribution in [0.5, 0.6) is 0 Å². The molecule has 2 N–H and O–H groups in total. The Morgan fingerprint density at radius 1 is 0.565 bits per heavy atom. The number of nitrogens with two attached hydrogens (primary N) is 1. The Kier molecular flexibility index (Phi) is 16.7. The average Bonchev–Trinajstić information content (AvgIpc) is 2.50. The molecule has 0 unspecified atom stereocenters. The fourth-order valence-electron chi connectivity index (χ4n) is 3.13. The van der Waals surface area contributed by atoms with Crippen molar-refractivity contribution in [2.75, 3.05) is 26.2 Å². The van der Waals surface area contributed by atoms with Gasteiger partial charge in [-0.15, -0.1) is 0 Å². The quantitative estimate of drug-likeness (QED) is 0.340. The summed E-state index contributed by atoms with van der Waals surface area (Å²) in [6.07, 6.45) is 15.1. The Labute approximate surface area is 147 Å². The summed E-state index contributed by atoms with van der Waals surface area (Å²) in [6, 6.07) is 0. The Morgan fingerprint density at radius 2 is 0.957 bits per heavy atom. The van der Waals surface area contributed by atoms with Gasteiger partial charge >= 0.3 is 0 Å². The minimum atomic E-state index is 0.833. The van der Waals surface area contributed by atoms with E-state index in [-0.39, 0.29) is 0 Å². The maximum atomic E-state index is 5.70. The SMILES string of the molecule is CC(C)CCCCCCN(CCCN)CCCCCCC(C)C. The lowest BCUT2D eigenvalue weighted by Crippen LogP contribution is -2.28. The van der Waals surface area contributed by atoms with Gasteiger partial charge in [-0.05, 0) is 57.3 Å².